The molecule has 0 heterocycles. The van der Waals surface area contributed by atoms with E-state index in [1.807, 2.05) is 6.92 Å². The Morgan fingerprint density at radius 2 is 2.22 bits per heavy atom. The number of rotatable bonds is 5. The number of ether oxygens (including phenoxy) is 1. The fraction of sp³-hybridized carbons (Fsp3) is 1.00. The summed E-state index contributed by atoms with van der Waals surface area (Å²) < 4.78 is 5.31. The molecule has 0 aromatic rings. The van der Waals surface area contributed by atoms with Crippen molar-refractivity contribution in [3.63, 3.8) is 0 Å². The summed E-state index contributed by atoms with van der Waals surface area (Å²) in [7, 11) is 0. The molecule has 0 aliphatic heterocycles. The van der Waals surface area contributed by atoms with E-state index in [9.17, 15) is 0 Å². The van der Waals surface area contributed by atoms with Gasteiger partial charge in [0.15, 0.2) is 0 Å². The normalized spacial score (nSPS) is 13.7. The molecule has 0 fully saturated rings. The summed E-state index contributed by atoms with van der Waals surface area (Å²) in [6.45, 7) is 4.96. The average molecular weight is 148 g/mol. The van der Waals surface area contributed by atoms with Crippen LogP contribution in [0.4, 0.5) is 0 Å². The Hall–Kier alpha value is 0.310. The molecule has 0 aromatic carbocycles. The van der Waals surface area contributed by atoms with Crippen LogP contribution in [-0.2, 0) is 4.74 Å². The van der Waals surface area contributed by atoms with Crippen molar-refractivity contribution in [1.82, 2.24) is 0 Å². The van der Waals surface area contributed by atoms with Gasteiger partial charge in [0.2, 0.25) is 0 Å². The van der Waals surface area contributed by atoms with Gasteiger partial charge in [-0.25, -0.2) is 0 Å². The highest BCUT2D eigenvalue weighted by atomic mass is 32.1. The highest BCUT2D eigenvalue weighted by Gasteiger charge is 1.97. The maximum absolute atomic E-state index is 5.31. The van der Waals surface area contributed by atoms with Crippen molar-refractivity contribution < 1.29 is 4.74 Å². The van der Waals surface area contributed by atoms with Crippen LogP contribution >= 0.6 is 12.6 Å². The second kappa shape index (κ2) is 6.43. The van der Waals surface area contributed by atoms with Gasteiger partial charge in [-0.2, -0.15) is 12.6 Å². The van der Waals surface area contributed by atoms with E-state index in [1.54, 1.807) is 0 Å². The molecule has 0 rings (SSSR count). The van der Waals surface area contributed by atoms with Crippen LogP contribution in [0, 0.1) is 0 Å². The van der Waals surface area contributed by atoms with Gasteiger partial charge >= 0.3 is 0 Å². The Kier molecular flexibility index (Phi) is 6.65. The minimum absolute atomic E-state index is 0.419. The van der Waals surface area contributed by atoms with Crippen molar-refractivity contribution in [3.8, 4) is 0 Å². The second-order valence-electron chi connectivity index (χ2n) is 2.13. The third kappa shape index (κ3) is 6.19. The van der Waals surface area contributed by atoms with E-state index in [4.69, 9.17) is 4.74 Å². The zero-order valence-corrected chi connectivity index (χ0v) is 7.16. The average Bonchev–Trinajstić information content (AvgIpc) is 1.85. The van der Waals surface area contributed by atoms with Crippen LogP contribution in [0.15, 0.2) is 0 Å². The monoisotopic (exact) mass is 148 g/mol. The van der Waals surface area contributed by atoms with Crippen LogP contribution in [0.25, 0.3) is 0 Å². The quantitative estimate of drug-likeness (QED) is 0.588. The van der Waals surface area contributed by atoms with Crippen molar-refractivity contribution in [3.05, 3.63) is 0 Å². The maximum Gasteiger partial charge on any atom is 0.0547 e. The predicted octanol–water partition coefficient (Wildman–Crippen LogP) is 2.12. The SMILES string of the molecule is CCOC(C)CCCS. The highest BCUT2D eigenvalue weighted by Crippen LogP contribution is 2.01. The lowest BCUT2D eigenvalue weighted by molar-refractivity contribution is 0.0701. The third-order valence-electron chi connectivity index (χ3n) is 1.22. The summed E-state index contributed by atoms with van der Waals surface area (Å²) in [6, 6.07) is 0. The first-order valence-corrected chi connectivity index (χ1v) is 4.17. The zero-order chi connectivity index (χ0) is 7.11. The van der Waals surface area contributed by atoms with Crippen LogP contribution in [0.5, 0.6) is 0 Å². The molecule has 0 aliphatic carbocycles. The van der Waals surface area contributed by atoms with E-state index in [0.29, 0.717) is 6.10 Å². The first-order valence-electron chi connectivity index (χ1n) is 3.53. The molecule has 0 amide bonds. The van der Waals surface area contributed by atoms with E-state index in [0.717, 1.165) is 25.2 Å². The molecule has 0 radical (unpaired) electrons. The Labute approximate surface area is 63.2 Å². The van der Waals surface area contributed by atoms with Gasteiger partial charge in [-0.15, -0.1) is 0 Å². The molecular weight excluding hydrogens is 132 g/mol. The molecule has 0 saturated heterocycles. The molecule has 0 aliphatic rings. The van der Waals surface area contributed by atoms with Crippen LogP contribution in [-0.4, -0.2) is 18.5 Å². The second-order valence-corrected chi connectivity index (χ2v) is 2.58. The summed E-state index contributed by atoms with van der Waals surface area (Å²) in [5.41, 5.74) is 0. The molecule has 1 unspecified atom stereocenters. The van der Waals surface area contributed by atoms with E-state index >= 15 is 0 Å². The van der Waals surface area contributed by atoms with Crippen LogP contribution in [0.1, 0.15) is 26.7 Å². The van der Waals surface area contributed by atoms with Gasteiger partial charge in [0, 0.05) is 6.61 Å². The van der Waals surface area contributed by atoms with Gasteiger partial charge < -0.3 is 4.74 Å². The van der Waals surface area contributed by atoms with E-state index in [1.165, 1.54) is 0 Å². The third-order valence-corrected chi connectivity index (χ3v) is 1.54. The molecule has 1 nitrogen and oxygen atoms in total. The summed E-state index contributed by atoms with van der Waals surface area (Å²) in [6.07, 6.45) is 2.71. The highest BCUT2D eigenvalue weighted by molar-refractivity contribution is 7.80. The molecule has 0 bridgehead atoms. The molecule has 0 spiro atoms. The molecule has 0 saturated carbocycles. The Balaban J connectivity index is 2.95. The van der Waals surface area contributed by atoms with Crippen LogP contribution in [0.3, 0.4) is 0 Å². The lowest BCUT2D eigenvalue weighted by Crippen LogP contribution is -2.07. The molecule has 9 heavy (non-hydrogen) atoms. The van der Waals surface area contributed by atoms with Gasteiger partial charge in [0.05, 0.1) is 6.10 Å². The molecule has 2 heteroatoms. The number of hydrogen-bond donors (Lipinski definition) is 1. The van der Waals surface area contributed by atoms with Gasteiger partial charge in [-0.05, 0) is 32.4 Å². The first kappa shape index (κ1) is 9.31. The fourth-order valence-corrected chi connectivity index (χ4v) is 0.929. The summed E-state index contributed by atoms with van der Waals surface area (Å²) in [4.78, 5) is 0. The number of hydrogen-bond acceptors (Lipinski definition) is 2. The molecule has 1 atom stereocenters. The van der Waals surface area contributed by atoms with Gasteiger partial charge in [-0.3, -0.25) is 0 Å². The standard InChI is InChI=1S/C7H16OS/c1-3-8-7(2)5-4-6-9/h7,9H,3-6H2,1-2H3. The fourth-order valence-electron chi connectivity index (χ4n) is 0.747. The Morgan fingerprint density at radius 3 is 2.67 bits per heavy atom. The summed E-state index contributed by atoms with van der Waals surface area (Å²) in [5.74, 6) is 0.970. The van der Waals surface area contributed by atoms with Gasteiger partial charge in [0.25, 0.3) is 0 Å². The van der Waals surface area contributed by atoms with E-state index in [-0.39, 0.29) is 0 Å². The van der Waals surface area contributed by atoms with Crippen molar-refractivity contribution in [1.29, 1.82) is 0 Å². The lowest BCUT2D eigenvalue weighted by Gasteiger charge is -2.09. The predicted molar refractivity (Wildman–Crippen MR) is 44.2 cm³/mol. The smallest absolute Gasteiger partial charge is 0.0547 e. The van der Waals surface area contributed by atoms with E-state index < -0.39 is 0 Å². The summed E-state index contributed by atoms with van der Waals surface area (Å²) >= 11 is 4.11. The van der Waals surface area contributed by atoms with Crippen LogP contribution < -0.4 is 0 Å². The summed E-state index contributed by atoms with van der Waals surface area (Å²) in [5, 5.41) is 0. The molecular formula is C7H16OS. The molecule has 0 aromatic heterocycles. The van der Waals surface area contributed by atoms with Gasteiger partial charge in [-0.1, -0.05) is 0 Å². The molecule has 0 N–H and O–H groups in total. The Bertz CT molecular complexity index is 56.9. The van der Waals surface area contributed by atoms with Crippen LogP contribution in [0.2, 0.25) is 0 Å². The van der Waals surface area contributed by atoms with Gasteiger partial charge in [0.1, 0.15) is 0 Å². The zero-order valence-electron chi connectivity index (χ0n) is 6.26. The van der Waals surface area contributed by atoms with Crippen molar-refractivity contribution in [2.45, 2.75) is 32.8 Å². The first-order chi connectivity index (χ1) is 4.31. The minimum Gasteiger partial charge on any atom is -0.379 e. The lowest BCUT2D eigenvalue weighted by atomic mass is 10.2. The minimum atomic E-state index is 0.419. The van der Waals surface area contributed by atoms with Crippen molar-refractivity contribution in [2.24, 2.45) is 0 Å². The molecule has 56 valence electrons. The van der Waals surface area contributed by atoms with Crippen molar-refractivity contribution >= 4 is 12.6 Å². The maximum atomic E-state index is 5.31. The number of thiol groups is 1. The topological polar surface area (TPSA) is 9.23 Å². The van der Waals surface area contributed by atoms with E-state index in [2.05, 4.69) is 19.6 Å². The largest absolute Gasteiger partial charge is 0.379 e. The van der Waals surface area contributed by atoms with Crippen molar-refractivity contribution in [2.75, 3.05) is 12.4 Å². The Morgan fingerprint density at radius 1 is 1.56 bits per heavy atom.